The van der Waals surface area contributed by atoms with Crippen molar-refractivity contribution in [3.05, 3.63) is 107 Å². The molecule has 0 saturated heterocycles. The summed E-state index contributed by atoms with van der Waals surface area (Å²) in [5.41, 5.74) is 2.81. The van der Waals surface area contributed by atoms with Crippen molar-refractivity contribution in [2.24, 2.45) is 0 Å². The molecule has 0 aliphatic rings. The predicted octanol–water partition coefficient (Wildman–Crippen LogP) is 5.44. The number of amides is 2. The minimum Gasteiger partial charge on any atom is -0.352 e. The largest absolute Gasteiger partial charge is 0.352 e. The van der Waals surface area contributed by atoms with E-state index >= 15 is 0 Å². The molecule has 0 aliphatic heterocycles. The maximum Gasteiger partial charge on any atom is 0.243 e. The summed E-state index contributed by atoms with van der Waals surface area (Å²) in [6, 6.07) is 26.3. The van der Waals surface area contributed by atoms with Crippen LogP contribution in [0.2, 0.25) is 5.02 Å². The quantitative estimate of drug-likeness (QED) is 0.436. The fourth-order valence-electron chi connectivity index (χ4n) is 3.70. The van der Waals surface area contributed by atoms with Crippen LogP contribution in [0, 0.1) is 0 Å². The first-order valence-electron chi connectivity index (χ1n) is 11.4. The van der Waals surface area contributed by atoms with Crippen molar-refractivity contribution in [1.82, 2.24) is 10.2 Å². The standard InChI is InChI=1S/C28H31ClN2O2/c1-3-21(2)30-28(33)26(18-22-11-6-4-7-12-22)31(20-23-13-8-5-9-14-23)27(32)19-24-15-10-16-25(29)17-24/h4-17,21,26H,3,18-20H2,1-2H3,(H,30,33)/t21-,26-/m0/s1. The van der Waals surface area contributed by atoms with Gasteiger partial charge in [0.05, 0.1) is 6.42 Å². The Morgan fingerprint density at radius 1 is 0.879 bits per heavy atom. The first-order chi connectivity index (χ1) is 16.0. The fraction of sp³-hybridized carbons (Fsp3) is 0.286. The molecule has 0 fully saturated rings. The number of nitrogens with one attached hydrogen (secondary N) is 1. The van der Waals surface area contributed by atoms with Crippen molar-refractivity contribution in [3.63, 3.8) is 0 Å². The summed E-state index contributed by atoms with van der Waals surface area (Å²) in [5.74, 6) is -0.245. The van der Waals surface area contributed by atoms with Gasteiger partial charge in [-0.15, -0.1) is 0 Å². The van der Waals surface area contributed by atoms with Gasteiger partial charge >= 0.3 is 0 Å². The Bertz CT molecular complexity index is 1040. The Labute approximate surface area is 201 Å². The molecule has 3 aromatic rings. The Kier molecular flexibility index (Phi) is 9.08. The van der Waals surface area contributed by atoms with Crippen molar-refractivity contribution in [3.8, 4) is 0 Å². The average molecular weight is 463 g/mol. The number of hydrogen-bond acceptors (Lipinski definition) is 2. The molecule has 1 N–H and O–H groups in total. The van der Waals surface area contributed by atoms with E-state index < -0.39 is 6.04 Å². The normalized spacial score (nSPS) is 12.6. The molecule has 4 nitrogen and oxygen atoms in total. The summed E-state index contributed by atoms with van der Waals surface area (Å²) in [7, 11) is 0. The predicted molar refractivity (Wildman–Crippen MR) is 134 cm³/mol. The van der Waals surface area contributed by atoms with E-state index in [1.165, 1.54) is 0 Å². The molecule has 2 amide bonds. The van der Waals surface area contributed by atoms with E-state index in [1.54, 1.807) is 17.0 Å². The van der Waals surface area contributed by atoms with E-state index in [4.69, 9.17) is 11.6 Å². The second-order valence-electron chi connectivity index (χ2n) is 8.34. The number of benzene rings is 3. The molecule has 172 valence electrons. The van der Waals surface area contributed by atoms with Crippen LogP contribution >= 0.6 is 11.6 Å². The van der Waals surface area contributed by atoms with Gasteiger partial charge in [0, 0.05) is 24.0 Å². The van der Waals surface area contributed by atoms with Crippen molar-refractivity contribution in [1.29, 1.82) is 0 Å². The molecule has 33 heavy (non-hydrogen) atoms. The monoisotopic (exact) mass is 462 g/mol. The molecule has 3 aromatic carbocycles. The average Bonchev–Trinajstić information content (AvgIpc) is 2.82. The Morgan fingerprint density at radius 2 is 1.48 bits per heavy atom. The summed E-state index contributed by atoms with van der Waals surface area (Å²) >= 11 is 6.14. The lowest BCUT2D eigenvalue weighted by atomic mass is 10.0. The molecule has 0 radical (unpaired) electrons. The third-order valence-electron chi connectivity index (χ3n) is 5.71. The van der Waals surface area contributed by atoms with E-state index in [0.29, 0.717) is 18.0 Å². The van der Waals surface area contributed by atoms with Gasteiger partial charge in [0.1, 0.15) is 6.04 Å². The number of hydrogen-bond donors (Lipinski definition) is 1. The van der Waals surface area contributed by atoms with Crippen LogP contribution in [0.1, 0.15) is 37.0 Å². The van der Waals surface area contributed by atoms with Gasteiger partial charge in [0.15, 0.2) is 0 Å². The molecular formula is C28H31ClN2O2. The number of rotatable bonds is 10. The lowest BCUT2D eigenvalue weighted by Crippen LogP contribution is -2.52. The van der Waals surface area contributed by atoms with Crippen LogP contribution in [-0.4, -0.2) is 28.8 Å². The third kappa shape index (κ3) is 7.47. The minimum atomic E-state index is -0.631. The van der Waals surface area contributed by atoms with Gasteiger partial charge in [-0.3, -0.25) is 9.59 Å². The van der Waals surface area contributed by atoms with Crippen LogP contribution in [0.3, 0.4) is 0 Å². The maximum absolute atomic E-state index is 13.6. The van der Waals surface area contributed by atoms with Gasteiger partial charge in [-0.25, -0.2) is 0 Å². The number of nitrogens with zero attached hydrogens (tertiary/aromatic N) is 1. The molecule has 0 unspecified atom stereocenters. The van der Waals surface area contributed by atoms with Crippen LogP contribution in [0.4, 0.5) is 0 Å². The molecule has 0 bridgehead atoms. The highest BCUT2D eigenvalue weighted by molar-refractivity contribution is 6.30. The van der Waals surface area contributed by atoms with E-state index in [2.05, 4.69) is 5.32 Å². The number of carbonyl (C=O) groups is 2. The molecule has 0 saturated carbocycles. The van der Waals surface area contributed by atoms with Gasteiger partial charge in [-0.1, -0.05) is 91.3 Å². The van der Waals surface area contributed by atoms with Gasteiger partial charge in [0.25, 0.3) is 0 Å². The Morgan fingerprint density at radius 3 is 2.09 bits per heavy atom. The third-order valence-corrected chi connectivity index (χ3v) is 5.95. The van der Waals surface area contributed by atoms with E-state index in [0.717, 1.165) is 23.1 Å². The van der Waals surface area contributed by atoms with Gasteiger partial charge < -0.3 is 10.2 Å². The molecule has 0 aliphatic carbocycles. The zero-order valence-electron chi connectivity index (χ0n) is 19.2. The smallest absolute Gasteiger partial charge is 0.243 e. The molecule has 0 heterocycles. The topological polar surface area (TPSA) is 49.4 Å². The van der Waals surface area contributed by atoms with Crippen LogP contribution in [0.25, 0.3) is 0 Å². The number of halogens is 1. The van der Waals surface area contributed by atoms with Crippen molar-refractivity contribution in [2.75, 3.05) is 0 Å². The van der Waals surface area contributed by atoms with Crippen LogP contribution in [0.15, 0.2) is 84.9 Å². The van der Waals surface area contributed by atoms with Crippen LogP contribution < -0.4 is 5.32 Å². The molecule has 5 heteroatoms. The molecular weight excluding hydrogens is 432 g/mol. The highest BCUT2D eigenvalue weighted by atomic mass is 35.5. The van der Waals surface area contributed by atoms with Crippen LogP contribution in [0.5, 0.6) is 0 Å². The summed E-state index contributed by atoms with van der Waals surface area (Å²) < 4.78 is 0. The van der Waals surface area contributed by atoms with Crippen LogP contribution in [-0.2, 0) is 29.0 Å². The Balaban J connectivity index is 1.95. The zero-order chi connectivity index (χ0) is 23.6. The molecule has 2 atom stereocenters. The summed E-state index contributed by atoms with van der Waals surface area (Å²) in [5, 5.41) is 3.68. The molecule has 0 spiro atoms. The van der Waals surface area contributed by atoms with Crippen molar-refractivity contribution < 1.29 is 9.59 Å². The van der Waals surface area contributed by atoms with Crippen molar-refractivity contribution in [2.45, 2.75) is 51.7 Å². The summed E-state index contributed by atoms with van der Waals surface area (Å²) in [6.45, 7) is 4.36. The number of carbonyl (C=O) groups excluding carboxylic acids is 2. The first kappa shape index (κ1) is 24.5. The zero-order valence-corrected chi connectivity index (χ0v) is 20.0. The highest BCUT2D eigenvalue weighted by Crippen LogP contribution is 2.18. The second kappa shape index (κ2) is 12.2. The van der Waals surface area contributed by atoms with E-state index in [1.807, 2.05) is 86.6 Å². The lowest BCUT2D eigenvalue weighted by molar-refractivity contribution is -0.141. The summed E-state index contributed by atoms with van der Waals surface area (Å²) in [4.78, 5) is 28.8. The SMILES string of the molecule is CC[C@H](C)NC(=O)[C@H](Cc1ccccc1)N(Cc1ccccc1)C(=O)Cc1cccc(Cl)c1. The Hall–Kier alpha value is -3.11. The van der Waals surface area contributed by atoms with Crippen molar-refractivity contribution >= 4 is 23.4 Å². The molecule has 0 aromatic heterocycles. The molecule has 3 rings (SSSR count). The van der Waals surface area contributed by atoms with E-state index in [9.17, 15) is 9.59 Å². The lowest BCUT2D eigenvalue weighted by Gasteiger charge is -2.32. The summed E-state index contributed by atoms with van der Waals surface area (Å²) in [6.07, 6.45) is 1.44. The van der Waals surface area contributed by atoms with E-state index in [-0.39, 0.29) is 24.3 Å². The first-order valence-corrected chi connectivity index (χ1v) is 11.8. The maximum atomic E-state index is 13.6. The highest BCUT2D eigenvalue weighted by Gasteiger charge is 2.31. The van der Waals surface area contributed by atoms with Gasteiger partial charge in [-0.2, -0.15) is 0 Å². The van der Waals surface area contributed by atoms with Gasteiger partial charge in [-0.05, 0) is 42.2 Å². The minimum absolute atomic E-state index is 0.0254. The second-order valence-corrected chi connectivity index (χ2v) is 8.77. The fourth-order valence-corrected chi connectivity index (χ4v) is 3.91. The van der Waals surface area contributed by atoms with Gasteiger partial charge in [0.2, 0.25) is 11.8 Å².